The maximum atomic E-state index is 13.3. The molecule has 0 spiro atoms. The summed E-state index contributed by atoms with van der Waals surface area (Å²) in [4.78, 5) is 61.1. The number of benzene rings is 1. The molecule has 1 aliphatic rings. The molecule has 0 N–H and O–H groups in total. The first-order chi connectivity index (χ1) is 17.5. The van der Waals surface area contributed by atoms with Gasteiger partial charge in [-0.3, -0.25) is 24.0 Å². The minimum Gasteiger partial charge on any atom is -0.497 e. The Hall–Kier alpha value is -4.15. The fourth-order valence-electron chi connectivity index (χ4n) is 4.15. The summed E-state index contributed by atoms with van der Waals surface area (Å²) in [5.41, 5.74) is 0.181. The standard InChI is InChI=1S/C26H28O11/c1-13(27)33-22-21-20(31)12-19(11-8-17-6-9-18(32-5)10-7-17)37-23(21)25(35-15(3)29)26(36-16(4)30)24(22)34-14(2)28/h6-7,9-10,12,22,24-26H,8,11H2,1-5H3/t22-,24+,25+,26-/m0/s1. The third kappa shape index (κ3) is 6.75. The monoisotopic (exact) mass is 516 g/mol. The van der Waals surface area contributed by atoms with Crippen molar-refractivity contribution in [1.82, 2.24) is 0 Å². The van der Waals surface area contributed by atoms with E-state index in [4.69, 9.17) is 28.1 Å². The molecule has 0 radical (unpaired) electrons. The molecule has 0 aliphatic heterocycles. The molecule has 0 saturated heterocycles. The lowest BCUT2D eigenvalue weighted by molar-refractivity contribution is -0.207. The first-order valence-electron chi connectivity index (χ1n) is 11.5. The van der Waals surface area contributed by atoms with E-state index in [9.17, 15) is 24.0 Å². The second-order valence-corrected chi connectivity index (χ2v) is 8.41. The average Bonchev–Trinajstić information content (AvgIpc) is 2.81. The van der Waals surface area contributed by atoms with Gasteiger partial charge in [0.25, 0.3) is 0 Å². The van der Waals surface area contributed by atoms with Gasteiger partial charge in [0.15, 0.2) is 29.5 Å². The maximum absolute atomic E-state index is 13.3. The van der Waals surface area contributed by atoms with E-state index in [0.29, 0.717) is 18.6 Å². The van der Waals surface area contributed by atoms with Crippen LogP contribution in [0.4, 0.5) is 0 Å². The summed E-state index contributed by atoms with van der Waals surface area (Å²) in [6.07, 6.45) is -5.05. The minimum atomic E-state index is -1.48. The highest BCUT2D eigenvalue weighted by atomic mass is 16.6. The van der Waals surface area contributed by atoms with Crippen molar-refractivity contribution in [2.75, 3.05) is 7.11 Å². The third-order valence-electron chi connectivity index (χ3n) is 5.54. The highest BCUT2D eigenvalue weighted by Gasteiger charge is 2.53. The maximum Gasteiger partial charge on any atom is 0.303 e. The van der Waals surface area contributed by atoms with Gasteiger partial charge in [0, 0.05) is 40.2 Å². The third-order valence-corrected chi connectivity index (χ3v) is 5.54. The molecule has 0 amide bonds. The Morgan fingerprint density at radius 3 is 1.78 bits per heavy atom. The Labute approximate surface area is 212 Å². The number of fused-ring (bicyclic) bond motifs is 1. The van der Waals surface area contributed by atoms with Gasteiger partial charge in [-0.2, -0.15) is 0 Å². The van der Waals surface area contributed by atoms with Crippen molar-refractivity contribution >= 4 is 23.9 Å². The molecule has 3 rings (SSSR count). The summed E-state index contributed by atoms with van der Waals surface area (Å²) in [7, 11) is 1.56. The fraction of sp³-hybridized carbons (Fsp3) is 0.423. The molecule has 11 heteroatoms. The van der Waals surface area contributed by atoms with Crippen LogP contribution < -0.4 is 10.2 Å². The quantitative estimate of drug-likeness (QED) is 0.377. The molecule has 1 aliphatic carbocycles. The number of methoxy groups -OCH3 is 1. The molecule has 0 unspecified atom stereocenters. The first kappa shape index (κ1) is 27.4. The lowest BCUT2D eigenvalue weighted by atomic mass is 9.86. The number of esters is 4. The molecule has 0 saturated carbocycles. The molecule has 1 aromatic heterocycles. The number of carbonyl (C=O) groups excluding carboxylic acids is 4. The van der Waals surface area contributed by atoms with Crippen LogP contribution >= 0.6 is 0 Å². The Morgan fingerprint density at radius 1 is 0.757 bits per heavy atom. The van der Waals surface area contributed by atoms with Crippen LogP contribution in [-0.2, 0) is 51.0 Å². The predicted molar refractivity (Wildman–Crippen MR) is 126 cm³/mol. The van der Waals surface area contributed by atoms with E-state index in [1.54, 1.807) is 19.2 Å². The summed E-state index contributed by atoms with van der Waals surface area (Å²) in [6, 6.07) is 8.58. The Bertz CT molecular complexity index is 1230. The zero-order valence-electron chi connectivity index (χ0n) is 21.1. The van der Waals surface area contributed by atoms with Crippen molar-refractivity contribution in [3.63, 3.8) is 0 Å². The van der Waals surface area contributed by atoms with E-state index in [2.05, 4.69) is 0 Å². The predicted octanol–water partition coefficient (Wildman–Crippen LogP) is 2.52. The molecule has 0 bridgehead atoms. The average molecular weight is 516 g/mol. The van der Waals surface area contributed by atoms with E-state index < -0.39 is 53.7 Å². The summed E-state index contributed by atoms with van der Waals surface area (Å²) >= 11 is 0. The normalized spacial score (nSPS) is 20.2. The fourth-order valence-corrected chi connectivity index (χ4v) is 4.15. The number of ether oxygens (including phenoxy) is 5. The van der Waals surface area contributed by atoms with Gasteiger partial charge in [-0.15, -0.1) is 0 Å². The Balaban J connectivity index is 2.11. The number of hydrogen-bond donors (Lipinski definition) is 0. The molecule has 2 aromatic rings. The lowest BCUT2D eigenvalue weighted by Gasteiger charge is -2.39. The molecule has 1 heterocycles. The van der Waals surface area contributed by atoms with Crippen LogP contribution in [-0.4, -0.2) is 43.2 Å². The Kier molecular flexibility index (Phi) is 8.69. The summed E-state index contributed by atoms with van der Waals surface area (Å²) in [5, 5.41) is 0. The van der Waals surface area contributed by atoms with Crippen molar-refractivity contribution in [3.05, 3.63) is 63.2 Å². The molecule has 4 atom stereocenters. The van der Waals surface area contributed by atoms with Crippen molar-refractivity contribution < 1.29 is 47.3 Å². The SMILES string of the molecule is COc1ccc(CCc2cc(=O)c3c(o2)[C@@H](OC(C)=O)[C@@H](OC(C)=O)[C@H](OC(C)=O)[C@H]3OC(C)=O)cc1. The minimum absolute atomic E-state index is 0.159. The summed E-state index contributed by atoms with van der Waals surface area (Å²) in [6.45, 7) is 4.42. The van der Waals surface area contributed by atoms with Crippen molar-refractivity contribution in [3.8, 4) is 5.75 Å². The van der Waals surface area contributed by atoms with Gasteiger partial charge in [0.2, 0.25) is 6.10 Å². The molecule has 1 aromatic carbocycles. The second-order valence-electron chi connectivity index (χ2n) is 8.41. The number of rotatable bonds is 8. The van der Waals surface area contributed by atoms with Gasteiger partial charge in [0.05, 0.1) is 12.7 Å². The van der Waals surface area contributed by atoms with Crippen molar-refractivity contribution in [1.29, 1.82) is 0 Å². The van der Waals surface area contributed by atoms with Crippen LogP contribution in [0, 0.1) is 0 Å². The second kappa shape index (κ2) is 11.7. The number of hydrogen-bond acceptors (Lipinski definition) is 11. The lowest BCUT2D eigenvalue weighted by Crippen LogP contribution is -2.50. The van der Waals surface area contributed by atoms with Crippen LogP contribution in [0.2, 0.25) is 0 Å². The zero-order chi connectivity index (χ0) is 27.3. The molecule has 11 nitrogen and oxygen atoms in total. The van der Waals surface area contributed by atoms with E-state index in [0.717, 1.165) is 33.3 Å². The van der Waals surface area contributed by atoms with Gasteiger partial charge in [-0.05, 0) is 24.1 Å². The topological polar surface area (TPSA) is 145 Å². The van der Waals surface area contributed by atoms with E-state index in [1.807, 2.05) is 12.1 Å². The Morgan fingerprint density at radius 2 is 1.27 bits per heavy atom. The largest absolute Gasteiger partial charge is 0.497 e. The van der Waals surface area contributed by atoms with E-state index in [1.165, 1.54) is 6.07 Å². The molecular weight excluding hydrogens is 488 g/mol. The highest BCUT2D eigenvalue weighted by molar-refractivity contribution is 5.70. The first-order valence-corrected chi connectivity index (χ1v) is 11.5. The molecule has 198 valence electrons. The highest BCUT2D eigenvalue weighted by Crippen LogP contribution is 2.43. The van der Waals surface area contributed by atoms with Crippen molar-refractivity contribution in [2.45, 2.75) is 65.0 Å². The van der Waals surface area contributed by atoms with Crippen molar-refractivity contribution in [2.24, 2.45) is 0 Å². The summed E-state index contributed by atoms with van der Waals surface area (Å²) in [5.74, 6) is -2.36. The molecular formula is C26H28O11. The van der Waals surface area contributed by atoms with Crippen LogP contribution in [0.15, 0.2) is 39.5 Å². The number of aryl methyl sites for hydroxylation is 2. The zero-order valence-corrected chi connectivity index (χ0v) is 21.1. The molecule has 0 fully saturated rings. The van der Waals surface area contributed by atoms with E-state index >= 15 is 0 Å². The van der Waals surface area contributed by atoms with Crippen LogP contribution in [0.1, 0.15) is 62.6 Å². The van der Waals surface area contributed by atoms with Crippen LogP contribution in [0.5, 0.6) is 5.75 Å². The summed E-state index contributed by atoms with van der Waals surface area (Å²) < 4.78 is 32.6. The van der Waals surface area contributed by atoms with Gasteiger partial charge >= 0.3 is 23.9 Å². The van der Waals surface area contributed by atoms with Gasteiger partial charge in [-0.25, -0.2) is 0 Å². The van der Waals surface area contributed by atoms with Gasteiger partial charge in [0.1, 0.15) is 11.5 Å². The van der Waals surface area contributed by atoms with Crippen LogP contribution in [0.3, 0.4) is 0 Å². The van der Waals surface area contributed by atoms with E-state index in [-0.39, 0.29) is 17.1 Å². The number of carbonyl (C=O) groups is 4. The molecule has 37 heavy (non-hydrogen) atoms. The smallest absolute Gasteiger partial charge is 0.303 e. The van der Waals surface area contributed by atoms with Gasteiger partial charge < -0.3 is 28.1 Å². The van der Waals surface area contributed by atoms with Gasteiger partial charge in [-0.1, -0.05) is 12.1 Å². The van der Waals surface area contributed by atoms with Crippen LogP contribution in [0.25, 0.3) is 0 Å².